The lowest BCUT2D eigenvalue weighted by molar-refractivity contribution is 0.128. The van der Waals surface area contributed by atoms with Crippen LogP contribution in [0.3, 0.4) is 0 Å². The molecule has 2 aromatic rings. The predicted molar refractivity (Wildman–Crippen MR) is 84.6 cm³/mol. The van der Waals surface area contributed by atoms with Crippen LogP contribution in [0.1, 0.15) is 12.3 Å². The van der Waals surface area contributed by atoms with Gasteiger partial charge in [0.25, 0.3) is 0 Å². The smallest absolute Gasteiger partial charge is 0.241 e. The maximum absolute atomic E-state index is 5.39. The molecule has 4 heterocycles. The standard InChI is InChI=1S/C14H18N4OS.ClH/c1-2-12(20-5-1)14-16-13(19-17-14)9-18-4-3-10-6-15-7-11(10)8-18;/h1-2,5,10-11,15H,3-4,6-9H2;1H. The first-order valence-corrected chi connectivity index (χ1v) is 8.06. The monoisotopic (exact) mass is 326 g/mol. The van der Waals surface area contributed by atoms with Gasteiger partial charge in [0, 0.05) is 6.54 Å². The molecule has 2 aliphatic rings. The first kappa shape index (κ1) is 15.0. The molecule has 0 bridgehead atoms. The molecule has 0 saturated carbocycles. The zero-order chi connectivity index (χ0) is 13.4. The van der Waals surface area contributed by atoms with Gasteiger partial charge < -0.3 is 9.84 Å². The zero-order valence-electron chi connectivity index (χ0n) is 11.7. The summed E-state index contributed by atoms with van der Waals surface area (Å²) in [4.78, 5) is 8.02. The van der Waals surface area contributed by atoms with Crippen molar-refractivity contribution in [2.75, 3.05) is 26.2 Å². The van der Waals surface area contributed by atoms with Gasteiger partial charge in [-0.1, -0.05) is 11.2 Å². The van der Waals surface area contributed by atoms with Crippen LogP contribution in [0, 0.1) is 11.8 Å². The zero-order valence-corrected chi connectivity index (χ0v) is 13.3. The topological polar surface area (TPSA) is 54.2 Å². The van der Waals surface area contributed by atoms with Crippen LogP contribution in [0.15, 0.2) is 22.0 Å². The lowest BCUT2D eigenvalue weighted by Crippen LogP contribution is -2.39. The van der Waals surface area contributed by atoms with Crippen molar-refractivity contribution in [3.05, 3.63) is 23.4 Å². The second kappa shape index (κ2) is 6.44. The molecule has 2 aromatic heterocycles. The molecule has 0 aromatic carbocycles. The minimum atomic E-state index is 0. The van der Waals surface area contributed by atoms with Crippen LogP contribution in [-0.4, -0.2) is 41.2 Å². The number of rotatable bonds is 3. The summed E-state index contributed by atoms with van der Waals surface area (Å²) in [6, 6.07) is 4.03. The molecule has 0 amide bonds. The van der Waals surface area contributed by atoms with E-state index in [0.717, 1.165) is 48.8 Å². The third-order valence-electron chi connectivity index (χ3n) is 4.36. The van der Waals surface area contributed by atoms with E-state index in [4.69, 9.17) is 4.52 Å². The number of piperidine rings is 1. The van der Waals surface area contributed by atoms with E-state index in [0.29, 0.717) is 5.82 Å². The van der Waals surface area contributed by atoms with Crippen molar-refractivity contribution in [1.82, 2.24) is 20.4 Å². The third-order valence-corrected chi connectivity index (χ3v) is 5.22. The van der Waals surface area contributed by atoms with Crippen LogP contribution in [0.4, 0.5) is 0 Å². The quantitative estimate of drug-likeness (QED) is 0.937. The number of hydrogen-bond donors (Lipinski definition) is 1. The average Bonchev–Trinajstić information content (AvgIpc) is 3.19. The molecular formula is C14H19ClN4OS. The Morgan fingerprint density at radius 2 is 2.29 bits per heavy atom. The molecule has 2 atom stereocenters. The molecule has 2 fully saturated rings. The van der Waals surface area contributed by atoms with Crippen molar-refractivity contribution in [3.8, 4) is 10.7 Å². The fourth-order valence-corrected chi connectivity index (χ4v) is 3.92. The highest BCUT2D eigenvalue weighted by atomic mass is 35.5. The van der Waals surface area contributed by atoms with Gasteiger partial charge in [-0.2, -0.15) is 4.98 Å². The number of fused-ring (bicyclic) bond motifs is 1. The summed E-state index contributed by atoms with van der Waals surface area (Å²) in [6.45, 7) is 5.42. The fourth-order valence-electron chi connectivity index (χ4n) is 3.27. The summed E-state index contributed by atoms with van der Waals surface area (Å²) < 4.78 is 5.39. The maximum atomic E-state index is 5.39. The number of nitrogens with one attached hydrogen (secondary N) is 1. The number of thiophene rings is 1. The molecule has 21 heavy (non-hydrogen) atoms. The van der Waals surface area contributed by atoms with Crippen molar-refractivity contribution in [2.45, 2.75) is 13.0 Å². The second-order valence-electron chi connectivity index (χ2n) is 5.69. The Morgan fingerprint density at radius 3 is 3.14 bits per heavy atom. The van der Waals surface area contributed by atoms with E-state index < -0.39 is 0 Å². The molecule has 7 heteroatoms. The first-order chi connectivity index (χ1) is 9.88. The van der Waals surface area contributed by atoms with Gasteiger partial charge >= 0.3 is 0 Å². The number of aromatic nitrogens is 2. The van der Waals surface area contributed by atoms with Crippen LogP contribution >= 0.6 is 23.7 Å². The Morgan fingerprint density at radius 1 is 1.38 bits per heavy atom. The van der Waals surface area contributed by atoms with Gasteiger partial charge in [-0.15, -0.1) is 23.7 Å². The van der Waals surface area contributed by atoms with Gasteiger partial charge in [0.15, 0.2) is 0 Å². The lowest BCUT2D eigenvalue weighted by Gasteiger charge is -2.33. The summed E-state index contributed by atoms with van der Waals surface area (Å²) in [5.74, 6) is 3.12. The van der Waals surface area contributed by atoms with Crippen molar-refractivity contribution in [3.63, 3.8) is 0 Å². The molecule has 0 radical (unpaired) electrons. The van der Waals surface area contributed by atoms with Crippen LogP contribution in [-0.2, 0) is 6.54 Å². The van der Waals surface area contributed by atoms with Crippen LogP contribution < -0.4 is 5.32 Å². The predicted octanol–water partition coefficient (Wildman–Crippen LogP) is 2.26. The number of nitrogens with zero attached hydrogens (tertiary/aromatic N) is 3. The minimum Gasteiger partial charge on any atom is -0.338 e. The first-order valence-electron chi connectivity index (χ1n) is 7.18. The van der Waals surface area contributed by atoms with Crippen molar-refractivity contribution >= 4 is 23.7 Å². The van der Waals surface area contributed by atoms with Gasteiger partial charge in [0.2, 0.25) is 11.7 Å². The van der Waals surface area contributed by atoms with Crippen LogP contribution in [0.25, 0.3) is 10.7 Å². The van der Waals surface area contributed by atoms with Crippen molar-refractivity contribution in [1.29, 1.82) is 0 Å². The highest BCUT2D eigenvalue weighted by Gasteiger charge is 2.33. The fraction of sp³-hybridized carbons (Fsp3) is 0.571. The van der Waals surface area contributed by atoms with Gasteiger partial charge in [0.1, 0.15) is 0 Å². The highest BCUT2D eigenvalue weighted by Crippen LogP contribution is 2.27. The van der Waals surface area contributed by atoms with E-state index in [2.05, 4.69) is 20.4 Å². The molecule has 114 valence electrons. The summed E-state index contributed by atoms with van der Waals surface area (Å²) in [7, 11) is 0. The molecule has 2 unspecified atom stereocenters. The molecule has 2 aliphatic heterocycles. The van der Waals surface area contributed by atoms with Gasteiger partial charge in [-0.25, -0.2) is 0 Å². The Bertz CT molecular complexity index is 573. The van der Waals surface area contributed by atoms with Gasteiger partial charge in [0.05, 0.1) is 11.4 Å². The molecular weight excluding hydrogens is 308 g/mol. The molecule has 2 saturated heterocycles. The second-order valence-corrected chi connectivity index (χ2v) is 6.64. The molecule has 4 rings (SSSR count). The number of hydrogen-bond acceptors (Lipinski definition) is 6. The molecule has 0 aliphatic carbocycles. The van der Waals surface area contributed by atoms with Crippen molar-refractivity contribution in [2.24, 2.45) is 11.8 Å². The van der Waals surface area contributed by atoms with E-state index in [9.17, 15) is 0 Å². The molecule has 1 N–H and O–H groups in total. The number of likely N-dealkylation sites (tertiary alicyclic amines) is 1. The summed E-state index contributed by atoms with van der Waals surface area (Å²) >= 11 is 1.64. The Kier molecular flexibility index (Phi) is 4.59. The average molecular weight is 327 g/mol. The molecule has 0 spiro atoms. The SMILES string of the molecule is Cl.c1csc(-c2noc(CN3CCC4CNCC4C3)n2)c1. The van der Waals surface area contributed by atoms with Gasteiger partial charge in [-0.3, -0.25) is 4.90 Å². The largest absolute Gasteiger partial charge is 0.338 e. The maximum Gasteiger partial charge on any atom is 0.241 e. The summed E-state index contributed by atoms with van der Waals surface area (Å²) in [5, 5.41) is 9.60. The van der Waals surface area contributed by atoms with Gasteiger partial charge in [-0.05, 0) is 49.3 Å². The normalized spacial score (nSPS) is 25.5. The summed E-state index contributed by atoms with van der Waals surface area (Å²) in [6.07, 6.45) is 1.28. The van der Waals surface area contributed by atoms with Crippen LogP contribution in [0.5, 0.6) is 0 Å². The van der Waals surface area contributed by atoms with Crippen molar-refractivity contribution < 1.29 is 4.52 Å². The summed E-state index contributed by atoms with van der Waals surface area (Å²) in [5.41, 5.74) is 0. The lowest BCUT2D eigenvalue weighted by atomic mass is 9.89. The number of halogens is 1. The van der Waals surface area contributed by atoms with E-state index in [1.807, 2.05) is 17.5 Å². The van der Waals surface area contributed by atoms with E-state index in [1.54, 1.807) is 11.3 Å². The van der Waals surface area contributed by atoms with E-state index >= 15 is 0 Å². The molecule has 5 nitrogen and oxygen atoms in total. The van der Waals surface area contributed by atoms with E-state index in [1.165, 1.54) is 13.0 Å². The minimum absolute atomic E-state index is 0. The van der Waals surface area contributed by atoms with Crippen LogP contribution in [0.2, 0.25) is 0 Å². The van der Waals surface area contributed by atoms with E-state index in [-0.39, 0.29) is 12.4 Å². The highest BCUT2D eigenvalue weighted by molar-refractivity contribution is 7.13. The third kappa shape index (κ3) is 3.13. The Hall–Kier alpha value is -0.950. The Labute approximate surface area is 134 Å². The Balaban J connectivity index is 0.00000132.